The first kappa shape index (κ1) is 12.9. The molecule has 1 aromatic heterocycles. The fourth-order valence-electron chi connectivity index (χ4n) is 2.23. The first-order chi connectivity index (χ1) is 9.69. The van der Waals surface area contributed by atoms with Crippen molar-refractivity contribution in [2.45, 2.75) is 6.04 Å². The summed E-state index contributed by atoms with van der Waals surface area (Å²) in [4.78, 5) is 17.1. The molecule has 0 aliphatic carbocycles. The minimum absolute atomic E-state index is 0.0564. The van der Waals surface area contributed by atoms with Crippen molar-refractivity contribution >= 4 is 23.1 Å². The summed E-state index contributed by atoms with van der Waals surface area (Å²) in [6.45, 7) is 1.47. The van der Waals surface area contributed by atoms with E-state index in [0.717, 1.165) is 0 Å². The number of benzene rings is 1. The number of hydrogen-bond donors (Lipinski definition) is 2. The molecule has 2 heterocycles. The molecule has 1 aliphatic heterocycles. The Bertz CT molecular complexity index is 639. The Morgan fingerprint density at radius 2 is 2.35 bits per heavy atom. The third-order valence-corrected chi connectivity index (χ3v) is 3.31. The number of aliphatic hydroxyl groups excluding tert-OH is 1. The Balaban J connectivity index is 1.97. The van der Waals surface area contributed by atoms with Crippen LogP contribution in [-0.4, -0.2) is 53.6 Å². The molecule has 2 aromatic rings. The molecule has 3 rings (SSSR count). The van der Waals surface area contributed by atoms with Gasteiger partial charge in [-0.3, -0.25) is 0 Å². The van der Waals surface area contributed by atoms with Crippen molar-refractivity contribution in [2.24, 2.45) is 0 Å². The predicted molar refractivity (Wildman–Crippen MR) is 70.0 cm³/mol. The van der Waals surface area contributed by atoms with Gasteiger partial charge in [-0.2, -0.15) is 4.98 Å². The number of rotatable bonds is 3. The standard InChI is InChI=1S/C13H14N2O5/c16-6-9-7-19-4-3-15(9)13-14-10-2-1-8(12(17)18)5-11(10)20-13/h1-2,5,9,16H,3-4,6-7H2,(H,17,18). The van der Waals surface area contributed by atoms with Crippen LogP contribution >= 0.6 is 0 Å². The second-order valence-electron chi connectivity index (χ2n) is 4.59. The number of carbonyl (C=O) groups is 1. The third-order valence-electron chi connectivity index (χ3n) is 3.31. The monoisotopic (exact) mass is 278 g/mol. The molecule has 20 heavy (non-hydrogen) atoms. The zero-order valence-corrected chi connectivity index (χ0v) is 10.7. The highest BCUT2D eigenvalue weighted by molar-refractivity contribution is 5.92. The second-order valence-corrected chi connectivity index (χ2v) is 4.59. The summed E-state index contributed by atoms with van der Waals surface area (Å²) < 4.78 is 10.9. The number of aromatic carboxylic acids is 1. The fraction of sp³-hybridized carbons (Fsp3) is 0.385. The normalized spacial score (nSPS) is 19.4. The molecule has 1 unspecified atom stereocenters. The van der Waals surface area contributed by atoms with Crippen LogP contribution in [0.4, 0.5) is 6.01 Å². The number of anilines is 1. The Hall–Kier alpha value is -2.12. The lowest BCUT2D eigenvalue weighted by atomic mass is 10.2. The van der Waals surface area contributed by atoms with Crippen molar-refractivity contribution in [1.82, 2.24) is 4.98 Å². The van der Waals surface area contributed by atoms with Crippen molar-refractivity contribution in [3.63, 3.8) is 0 Å². The van der Waals surface area contributed by atoms with Gasteiger partial charge in [-0.05, 0) is 18.2 Å². The van der Waals surface area contributed by atoms with Crippen LogP contribution in [0.25, 0.3) is 11.1 Å². The van der Waals surface area contributed by atoms with E-state index in [4.69, 9.17) is 14.3 Å². The van der Waals surface area contributed by atoms with Gasteiger partial charge in [0.25, 0.3) is 6.01 Å². The molecule has 0 radical (unpaired) electrons. The zero-order valence-electron chi connectivity index (χ0n) is 10.7. The molecule has 106 valence electrons. The lowest BCUT2D eigenvalue weighted by molar-refractivity contribution is 0.0696. The zero-order chi connectivity index (χ0) is 14.1. The average Bonchev–Trinajstić information content (AvgIpc) is 2.89. The molecule has 1 saturated heterocycles. The SMILES string of the molecule is O=C(O)c1ccc2nc(N3CCOCC3CO)oc2c1. The summed E-state index contributed by atoms with van der Waals surface area (Å²) in [5.41, 5.74) is 1.16. The maximum absolute atomic E-state index is 10.9. The van der Waals surface area contributed by atoms with Crippen molar-refractivity contribution in [1.29, 1.82) is 0 Å². The Morgan fingerprint density at radius 1 is 1.50 bits per heavy atom. The van der Waals surface area contributed by atoms with Gasteiger partial charge < -0.3 is 24.3 Å². The molecule has 0 amide bonds. The van der Waals surface area contributed by atoms with E-state index in [1.807, 2.05) is 4.90 Å². The first-order valence-corrected chi connectivity index (χ1v) is 6.28. The van der Waals surface area contributed by atoms with Crippen molar-refractivity contribution in [2.75, 3.05) is 31.3 Å². The topological polar surface area (TPSA) is 96.0 Å². The average molecular weight is 278 g/mol. The van der Waals surface area contributed by atoms with Crippen LogP contribution in [-0.2, 0) is 4.74 Å². The van der Waals surface area contributed by atoms with Crippen molar-refractivity contribution < 1.29 is 24.2 Å². The highest BCUT2D eigenvalue weighted by atomic mass is 16.5. The summed E-state index contributed by atoms with van der Waals surface area (Å²) >= 11 is 0. The van der Waals surface area contributed by atoms with E-state index in [1.54, 1.807) is 6.07 Å². The number of ether oxygens (including phenoxy) is 1. The van der Waals surface area contributed by atoms with Crippen LogP contribution in [0.2, 0.25) is 0 Å². The van der Waals surface area contributed by atoms with Crippen LogP contribution < -0.4 is 4.90 Å². The van der Waals surface area contributed by atoms with E-state index >= 15 is 0 Å². The molecule has 1 aromatic carbocycles. The van der Waals surface area contributed by atoms with E-state index in [1.165, 1.54) is 12.1 Å². The molecule has 1 aliphatic rings. The van der Waals surface area contributed by atoms with Gasteiger partial charge in [0.2, 0.25) is 0 Å². The largest absolute Gasteiger partial charge is 0.478 e. The van der Waals surface area contributed by atoms with E-state index < -0.39 is 5.97 Å². The number of fused-ring (bicyclic) bond motifs is 1. The van der Waals surface area contributed by atoms with E-state index in [0.29, 0.717) is 36.9 Å². The van der Waals surface area contributed by atoms with Gasteiger partial charge in [-0.15, -0.1) is 0 Å². The molecule has 7 heteroatoms. The number of oxazole rings is 1. The second kappa shape index (κ2) is 5.10. The van der Waals surface area contributed by atoms with Crippen LogP contribution in [0.3, 0.4) is 0 Å². The van der Waals surface area contributed by atoms with E-state index in [-0.39, 0.29) is 18.2 Å². The predicted octanol–water partition coefficient (Wildman–Crippen LogP) is 0.724. The van der Waals surface area contributed by atoms with Crippen LogP contribution in [0.5, 0.6) is 0 Å². The quantitative estimate of drug-likeness (QED) is 0.854. The molecular weight excluding hydrogens is 264 g/mol. The van der Waals surface area contributed by atoms with Gasteiger partial charge in [0.05, 0.1) is 31.4 Å². The lowest BCUT2D eigenvalue weighted by Crippen LogP contribution is -2.47. The number of nitrogens with zero attached hydrogens (tertiary/aromatic N) is 2. The van der Waals surface area contributed by atoms with Gasteiger partial charge in [0.1, 0.15) is 5.52 Å². The van der Waals surface area contributed by atoms with Gasteiger partial charge in [0, 0.05) is 6.54 Å². The van der Waals surface area contributed by atoms with Crippen molar-refractivity contribution in [3.8, 4) is 0 Å². The molecule has 0 bridgehead atoms. The number of hydrogen-bond acceptors (Lipinski definition) is 6. The number of aromatic nitrogens is 1. The number of morpholine rings is 1. The summed E-state index contributed by atoms with van der Waals surface area (Å²) in [6.07, 6.45) is 0. The maximum atomic E-state index is 10.9. The molecule has 2 N–H and O–H groups in total. The molecule has 0 spiro atoms. The van der Waals surface area contributed by atoms with Gasteiger partial charge in [-0.25, -0.2) is 4.79 Å². The summed E-state index contributed by atoms with van der Waals surface area (Å²) in [5.74, 6) is -1.01. The van der Waals surface area contributed by atoms with Crippen LogP contribution in [0, 0.1) is 0 Å². The van der Waals surface area contributed by atoms with Gasteiger partial charge in [0.15, 0.2) is 5.58 Å². The highest BCUT2D eigenvalue weighted by Gasteiger charge is 2.26. The smallest absolute Gasteiger partial charge is 0.335 e. The summed E-state index contributed by atoms with van der Waals surface area (Å²) in [5, 5.41) is 18.3. The lowest BCUT2D eigenvalue weighted by Gasteiger charge is -2.32. The minimum atomic E-state index is -1.01. The molecule has 1 fully saturated rings. The molecule has 1 atom stereocenters. The fourth-order valence-corrected chi connectivity index (χ4v) is 2.23. The molecule has 7 nitrogen and oxygen atoms in total. The minimum Gasteiger partial charge on any atom is -0.478 e. The summed E-state index contributed by atoms with van der Waals surface area (Å²) in [6, 6.07) is 4.73. The highest BCUT2D eigenvalue weighted by Crippen LogP contribution is 2.25. The number of carboxylic acids is 1. The first-order valence-electron chi connectivity index (χ1n) is 6.28. The van der Waals surface area contributed by atoms with Gasteiger partial charge >= 0.3 is 5.97 Å². The molecular formula is C13H14N2O5. The van der Waals surface area contributed by atoms with Crippen molar-refractivity contribution in [3.05, 3.63) is 23.8 Å². The third kappa shape index (κ3) is 2.21. The van der Waals surface area contributed by atoms with Crippen LogP contribution in [0.15, 0.2) is 22.6 Å². The Labute approximate surface area is 114 Å². The number of carboxylic acid groups (broad SMARTS) is 1. The van der Waals surface area contributed by atoms with E-state index in [2.05, 4.69) is 4.98 Å². The summed E-state index contributed by atoms with van der Waals surface area (Å²) in [7, 11) is 0. The van der Waals surface area contributed by atoms with Crippen LogP contribution in [0.1, 0.15) is 10.4 Å². The van der Waals surface area contributed by atoms with Gasteiger partial charge in [-0.1, -0.05) is 0 Å². The number of aliphatic hydroxyl groups is 1. The Kier molecular flexibility index (Phi) is 3.29. The molecule has 0 saturated carbocycles. The Morgan fingerprint density at radius 3 is 3.10 bits per heavy atom. The van der Waals surface area contributed by atoms with E-state index in [9.17, 15) is 9.90 Å². The maximum Gasteiger partial charge on any atom is 0.335 e.